The maximum atomic E-state index is 11.0. The smallest absolute Gasteiger partial charge is 0.356 e. The zero-order valence-electron chi connectivity index (χ0n) is 11.1. The number of carbonyl (C=O) groups is 1. The van der Waals surface area contributed by atoms with Gasteiger partial charge in [-0.25, -0.2) is 9.78 Å². The molecule has 0 spiro atoms. The second kappa shape index (κ2) is 5.42. The molecule has 0 atom stereocenters. The SMILES string of the molecule is CC(C)n1cc(C(=O)O)nc1N1CCCCCC1. The average Bonchev–Trinajstić information content (AvgIpc) is 2.59. The van der Waals surface area contributed by atoms with Crippen LogP contribution in [0.4, 0.5) is 5.95 Å². The van der Waals surface area contributed by atoms with Crippen LogP contribution in [0, 0.1) is 0 Å². The van der Waals surface area contributed by atoms with Crippen LogP contribution >= 0.6 is 0 Å². The number of aromatic carboxylic acids is 1. The fourth-order valence-electron chi connectivity index (χ4n) is 2.37. The molecule has 5 nitrogen and oxygen atoms in total. The second-order valence-corrected chi connectivity index (χ2v) is 5.13. The molecule has 0 aliphatic carbocycles. The van der Waals surface area contributed by atoms with E-state index < -0.39 is 5.97 Å². The maximum Gasteiger partial charge on any atom is 0.356 e. The quantitative estimate of drug-likeness (QED) is 0.897. The Morgan fingerprint density at radius 2 is 1.89 bits per heavy atom. The summed E-state index contributed by atoms with van der Waals surface area (Å²) >= 11 is 0. The Bertz CT molecular complexity index is 418. The van der Waals surface area contributed by atoms with Gasteiger partial charge < -0.3 is 14.6 Å². The Hall–Kier alpha value is -1.52. The lowest BCUT2D eigenvalue weighted by Crippen LogP contribution is -2.27. The molecular formula is C13H21N3O2. The number of carboxylic acids is 1. The summed E-state index contributed by atoms with van der Waals surface area (Å²) in [5, 5.41) is 9.06. The lowest BCUT2D eigenvalue weighted by Gasteiger charge is -2.23. The molecule has 1 aliphatic heterocycles. The van der Waals surface area contributed by atoms with E-state index in [0.717, 1.165) is 31.9 Å². The molecule has 2 rings (SSSR count). The van der Waals surface area contributed by atoms with Gasteiger partial charge in [0.2, 0.25) is 5.95 Å². The van der Waals surface area contributed by atoms with Crippen molar-refractivity contribution >= 4 is 11.9 Å². The number of carboxylic acid groups (broad SMARTS) is 1. The first-order chi connectivity index (χ1) is 8.59. The van der Waals surface area contributed by atoms with E-state index in [9.17, 15) is 4.79 Å². The molecule has 1 fully saturated rings. The van der Waals surface area contributed by atoms with Crippen molar-refractivity contribution in [2.45, 2.75) is 45.6 Å². The van der Waals surface area contributed by atoms with Gasteiger partial charge in [0, 0.05) is 25.3 Å². The molecule has 1 aliphatic rings. The maximum absolute atomic E-state index is 11.0. The molecular weight excluding hydrogens is 230 g/mol. The van der Waals surface area contributed by atoms with Crippen LogP contribution in [-0.2, 0) is 0 Å². The van der Waals surface area contributed by atoms with E-state index in [1.165, 1.54) is 12.8 Å². The van der Waals surface area contributed by atoms with Gasteiger partial charge >= 0.3 is 5.97 Å². The van der Waals surface area contributed by atoms with Gasteiger partial charge in [-0.1, -0.05) is 12.8 Å². The first-order valence-electron chi connectivity index (χ1n) is 6.66. The summed E-state index contributed by atoms with van der Waals surface area (Å²) in [6, 6.07) is 0.226. The highest BCUT2D eigenvalue weighted by Gasteiger charge is 2.20. The number of rotatable bonds is 3. The fraction of sp³-hybridized carbons (Fsp3) is 0.692. The summed E-state index contributed by atoms with van der Waals surface area (Å²) < 4.78 is 1.97. The summed E-state index contributed by atoms with van der Waals surface area (Å²) in [7, 11) is 0. The van der Waals surface area contributed by atoms with Crippen LogP contribution in [0.2, 0.25) is 0 Å². The highest BCUT2D eigenvalue weighted by atomic mass is 16.4. The van der Waals surface area contributed by atoms with Crippen LogP contribution in [0.1, 0.15) is 56.1 Å². The highest BCUT2D eigenvalue weighted by Crippen LogP contribution is 2.22. The topological polar surface area (TPSA) is 58.4 Å². The molecule has 0 radical (unpaired) electrons. The normalized spacial score (nSPS) is 16.9. The van der Waals surface area contributed by atoms with E-state index in [2.05, 4.69) is 23.7 Å². The van der Waals surface area contributed by atoms with E-state index in [1.54, 1.807) is 6.20 Å². The second-order valence-electron chi connectivity index (χ2n) is 5.13. The summed E-state index contributed by atoms with van der Waals surface area (Å²) in [6.07, 6.45) is 6.48. The van der Waals surface area contributed by atoms with E-state index in [4.69, 9.17) is 5.11 Å². The third-order valence-electron chi connectivity index (χ3n) is 3.38. The molecule has 2 heterocycles. The lowest BCUT2D eigenvalue weighted by molar-refractivity contribution is 0.0691. The molecule has 1 N–H and O–H groups in total. The van der Waals surface area contributed by atoms with Gasteiger partial charge in [0.05, 0.1) is 0 Å². The van der Waals surface area contributed by atoms with Crippen molar-refractivity contribution in [1.82, 2.24) is 9.55 Å². The number of hydrogen-bond acceptors (Lipinski definition) is 3. The minimum atomic E-state index is -0.953. The first-order valence-corrected chi connectivity index (χ1v) is 6.66. The minimum Gasteiger partial charge on any atom is -0.476 e. The third-order valence-corrected chi connectivity index (χ3v) is 3.38. The summed E-state index contributed by atoms with van der Waals surface area (Å²) in [6.45, 7) is 6.05. The molecule has 18 heavy (non-hydrogen) atoms. The standard InChI is InChI=1S/C13H21N3O2/c1-10(2)16-9-11(12(17)18)14-13(16)15-7-5-3-4-6-8-15/h9-10H,3-8H2,1-2H3,(H,17,18). The van der Waals surface area contributed by atoms with Crippen molar-refractivity contribution in [1.29, 1.82) is 0 Å². The van der Waals surface area contributed by atoms with Crippen LogP contribution in [0.25, 0.3) is 0 Å². The van der Waals surface area contributed by atoms with Gasteiger partial charge in [-0.05, 0) is 26.7 Å². The van der Waals surface area contributed by atoms with Gasteiger partial charge in [0.1, 0.15) is 0 Å². The van der Waals surface area contributed by atoms with Crippen molar-refractivity contribution in [3.05, 3.63) is 11.9 Å². The summed E-state index contributed by atoms with van der Waals surface area (Å²) in [5.41, 5.74) is 0.142. The average molecular weight is 251 g/mol. The Morgan fingerprint density at radius 3 is 2.39 bits per heavy atom. The van der Waals surface area contributed by atoms with Crippen LogP contribution in [0.15, 0.2) is 6.20 Å². The largest absolute Gasteiger partial charge is 0.476 e. The van der Waals surface area contributed by atoms with Crippen molar-refractivity contribution in [3.8, 4) is 0 Å². The molecule has 0 aromatic carbocycles. The zero-order valence-corrected chi connectivity index (χ0v) is 11.1. The number of hydrogen-bond donors (Lipinski definition) is 1. The van der Waals surface area contributed by atoms with Gasteiger partial charge in [-0.2, -0.15) is 0 Å². The van der Waals surface area contributed by atoms with Crippen LogP contribution in [0.3, 0.4) is 0 Å². The molecule has 1 saturated heterocycles. The van der Waals surface area contributed by atoms with Gasteiger partial charge in [-0.3, -0.25) is 0 Å². The highest BCUT2D eigenvalue weighted by molar-refractivity contribution is 5.85. The molecule has 100 valence electrons. The van der Waals surface area contributed by atoms with Gasteiger partial charge in [0.25, 0.3) is 0 Å². The van der Waals surface area contributed by atoms with Crippen molar-refractivity contribution < 1.29 is 9.90 Å². The fourth-order valence-corrected chi connectivity index (χ4v) is 2.37. The molecule has 1 aromatic heterocycles. The van der Waals surface area contributed by atoms with E-state index in [1.807, 2.05) is 4.57 Å². The molecule has 0 amide bonds. The monoisotopic (exact) mass is 251 g/mol. The Morgan fingerprint density at radius 1 is 1.28 bits per heavy atom. The zero-order chi connectivity index (χ0) is 13.1. The molecule has 1 aromatic rings. The summed E-state index contributed by atoms with van der Waals surface area (Å²) in [4.78, 5) is 17.6. The molecule has 0 bridgehead atoms. The van der Waals surface area contributed by atoms with Crippen molar-refractivity contribution in [3.63, 3.8) is 0 Å². The number of anilines is 1. The molecule has 5 heteroatoms. The Balaban J connectivity index is 2.31. The molecule has 0 saturated carbocycles. The van der Waals surface area contributed by atoms with Gasteiger partial charge in [0.15, 0.2) is 5.69 Å². The predicted octanol–water partition coefficient (Wildman–Crippen LogP) is 2.54. The van der Waals surface area contributed by atoms with Crippen LogP contribution in [-0.4, -0.2) is 33.7 Å². The predicted molar refractivity (Wildman–Crippen MR) is 70.3 cm³/mol. The number of aromatic nitrogens is 2. The lowest BCUT2D eigenvalue weighted by atomic mass is 10.2. The van der Waals surface area contributed by atoms with E-state index >= 15 is 0 Å². The van der Waals surface area contributed by atoms with Crippen molar-refractivity contribution in [2.24, 2.45) is 0 Å². The summed E-state index contributed by atoms with van der Waals surface area (Å²) in [5.74, 6) is -0.144. The minimum absolute atomic E-state index is 0.142. The number of imidazole rings is 1. The van der Waals surface area contributed by atoms with Crippen LogP contribution < -0.4 is 4.90 Å². The van der Waals surface area contributed by atoms with Gasteiger partial charge in [-0.15, -0.1) is 0 Å². The Kier molecular flexibility index (Phi) is 3.89. The van der Waals surface area contributed by atoms with E-state index in [0.29, 0.717) is 0 Å². The van der Waals surface area contributed by atoms with Crippen molar-refractivity contribution in [2.75, 3.05) is 18.0 Å². The molecule has 0 unspecified atom stereocenters. The third kappa shape index (κ3) is 2.66. The van der Waals surface area contributed by atoms with E-state index in [-0.39, 0.29) is 11.7 Å². The first kappa shape index (κ1) is 12.9. The van der Waals surface area contributed by atoms with Crippen LogP contribution in [0.5, 0.6) is 0 Å². The Labute approximate surface area is 107 Å². The number of nitrogens with zero attached hydrogens (tertiary/aromatic N) is 3.